The molecule has 0 aromatic heterocycles. The molecule has 0 aliphatic rings. The molecule has 4 heteroatoms. The molecule has 2 aromatic carbocycles. The normalized spacial score (nSPS) is 12.2. The molecule has 1 atom stereocenters. The van der Waals surface area contributed by atoms with Gasteiger partial charge in [0.2, 0.25) is 0 Å². The van der Waals surface area contributed by atoms with Crippen molar-refractivity contribution >= 4 is 15.9 Å². The fourth-order valence-corrected chi connectivity index (χ4v) is 2.84. The van der Waals surface area contributed by atoms with Crippen LogP contribution in [0.4, 0.5) is 0 Å². The van der Waals surface area contributed by atoms with Gasteiger partial charge in [-0.15, -0.1) is 0 Å². The molecule has 3 nitrogen and oxygen atoms in total. The number of ether oxygens (including phenoxy) is 1. The lowest BCUT2D eigenvalue weighted by atomic mass is 9.98. The summed E-state index contributed by atoms with van der Waals surface area (Å²) in [6.07, 6.45) is 1.88. The van der Waals surface area contributed by atoms with Crippen LogP contribution < -0.4 is 16.0 Å². The van der Waals surface area contributed by atoms with Crippen molar-refractivity contribution < 1.29 is 4.74 Å². The molecular formula is C17H21BrN2O. The van der Waals surface area contributed by atoms with E-state index in [0.29, 0.717) is 0 Å². The highest BCUT2D eigenvalue weighted by atomic mass is 79.9. The third-order valence-corrected chi connectivity index (χ3v) is 4.37. The monoisotopic (exact) mass is 348 g/mol. The van der Waals surface area contributed by atoms with Crippen LogP contribution in [-0.2, 0) is 12.8 Å². The van der Waals surface area contributed by atoms with Crippen LogP contribution >= 0.6 is 15.9 Å². The lowest BCUT2D eigenvalue weighted by molar-refractivity contribution is 0.412. The number of aryl methyl sites for hydroxylation is 1. The van der Waals surface area contributed by atoms with Gasteiger partial charge in [0.05, 0.1) is 13.2 Å². The lowest BCUT2D eigenvalue weighted by Crippen LogP contribution is -2.29. The maximum atomic E-state index is 5.76. The van der Waals surface area contributed by atoms with Crippen molar-refractivity contribution in [2.24, 2.45) is 5.84 Å². The number of halogens is 1. The first-order valence-corrected chi connectivity index (χ1v) is 7.84. The van der Waals surface area contributed by atoms with E-state index in [2.05, 4.69) is 52.5 Å². The summed E-state index contributed by atoms with van der Waals surface area (Å²) < 4.78 is 6.32. The number of nitrogens with two attached hydrogens (primary N) is 1. The third kappa shape index (κ3) is 4.06. The van der Waals surface area contributed by atoms with Crippen LogP contribution in [0.25, 0.3) is 0 Å². The molecular weight excluding hydrogens is 328 g/mol. The molecule has 0 bridgehead atoms. The fourth-order valence-electron chi connectivity index (χ4n) is 2.32. The summed E-state index contributed by atoms with van der Waals surface area (Å²) in [6.45, 7) is 2.16. The van der Waals surface area contributed by atoms with Crippen molar-refractivity contribution in [2.45, 2.75) is 25.8 Å². The highest BCUT2D eigenvalue weighted by Gasteiger charge is 2.15. The molecule has 2 aromatic rings. The van der Waals surface area contributed by atoms with E-state index in [4.69, 9.17) is 10.6 Å². The van der Waals surface area contributed by atoms with E-state index >= 15 is 0 Å². The molecule has 0 saturated heterocycles. The van der Waals surface area contributed by atoms with Crippen LogP contribution in [-0.4, -0.2) is 7.11 Å². The van der Waals surface area contributed by atoms with Crippen LogP contribution in [0.1, 0.15) is 29.7 Å². The Morgan fingerprint density at radius 2 is 1.81 bits per heavy atom. The second-order valence-corrected chi connectivity index (χ2v) is 5.84. The Balaban J connectivity index is 2.22. The Kier molecular flexibility index (Phi) is 5.79. The number of rotatable bonds is 6. The molecule has 0 heterocycles. The Hall–Kier alpha value is -1.36. The van der Waals surface area contributed by atoms with Crippen molar-refractivity contribution in [3.05, 3.63) is 63.6 Å². The standard InChI is InChI=1S/C17H21BrN2O/c1-3-12-4-6-13(7-5-12)10-17(20-19)15-11-14(21-2)8-9-16(15)18/h4-9,11,17,20H,3,10,19H2,1-2H3. The quantitative estimate of drug-likeness (QED) is 0.617. The largest absolute Gasteiger partial charge is 0.497 e. The van der Waals surface area contributed by atoms with Crippen molar-refractivity contribution in [2.75, 3.05) is 7.11 Å². The zero-order chi connectivity index (χ0) is 15.2. The van der Waals surface area contributed by atoms with Gasteiger partial charge in [-0.25, -0.2) is 0 Å². The van der Waals surface area contributed by atoms with Gasteiger partial charge in [0.15, 0.2) is 0 Å². The molecule has 3 N–H and O–H groups in total. The Bertz CT molecular complexity index is 584. The van der Waals surface area contributed by atoms with Gasteiger partial charge < -0.3 is 4.74 Å². The van der Waals surface area contributed by atoms with Crippen LogP contribution in [0.3, 0.4) is 0 Å². The number of hydrazine groups is 1. The van der Waals surface area contributed by atoms with Gasteiger partial charge in [0, 0.05) is 4.47 Å². The van der Waals surface area contributed by atoms with Crippen molar-refractivity contribution in [3.63, 3.8) is 0 Å². The minimum absolute atomic E-state index is 0.0296. The molecule has 0 radical (unpaired) electrons. The predicted octanol–water partition coefficient (Wildman–Crippen LogP) is 3.77. The zero-order valence-electron chi connectivity index (χ0n) is 12.4. The predicted molar refractivity (Wildman–Crippen MR) is 90.3 cm³/mol. The molecule has 112 valence electrons. The zero-order valence-corrected chi connectivity index (χ0v) is 14.0. The highest BCUT2D eigenvalue weighted by Crippen LogP contribution is 2.29. The van der Waals surface area contributed by atoms with E-state index in [1.54, 1.807) is 7.11 Å². The smallest absolute Gasteiger partial charge is 0.119 e. The molecule has 21 heavy (non-hydrogen) atoms. The number of methoxy groups -OCH3 is 1. The summed E-state index contributed by atoms with van der Waals surface area (Å²) in [7, 11) is 1.67. The Labute approximate surface area is 134 Å². The van der Waals surface area contributed by atoms with Crippen molar-refractivity contribution in [3.8, 4) is 5.75 Å². The number of hydrogen-bond acceptors (Lipinski definition) is 3. The van der Waals surface area contributed by atoms with Crippen LogP contribution in [0.5, 0.6) is 5.75 Å². The van der Waals surface area contributed by atoms with Crippen LogP contribution in [0.2, 0.25) is 0 Å². The Morgan fingerprint density at radius 3 is 2.38 bits per heavy atom. The van der Waals surface area contributed by atoms with Gasteiger partial charge >= 0.3 is 0 Å². The van der Waals surface area contributed by atoms with E-state index in [-0.39, 0.29) is 6.04 Å². The second kappa shape index (κ2) is 7.59. The molecule has 1 unspecified atom stereocenters. The first-order chi connectivity index (χ1) is 10.2. The van der Waals surface area contributed by atoms with Crippen LogP contribution in [0.15, 0.2) is 46.9 Å². The van der Waals surface area contributed by atoms with E-state index in [9.17, 15) is 0 Å². The van der Waals surface area contributed by atoms with Gasteiger partial charge in [-0.2, -0.15) is 0 Å². The average Bonchev–Trinajstić information content (AvgIpc) is 2.54. The van der Waals surface area contributed by atoms with Gasteiger partial charge in [-0.3, -0.25) is 11.3 Å². The summed E-state index contributed by atoms with van der Waals surface area (Å²) in [5.41, 5.74) is 6.60. The summed E-state index contributed by atoms with van der Waals surface area (Å²) in [5.74, 6) is 6.59. The van der Waals surface area contributed by atoms with E-state index in [0.717, 1.165) is 28.6 Å². The maximum Gasteiger partial charge on any atom is 0.119 e. The topological polar surface area (TPSA) is 47.3 Å². The van der Waals surface area contributed by atoms with Gasteiger partial charge in [-0.1, -0.05) is 47.1 Å². The van der Waals surface area contributed by atoms with Gasteiger partial charge in [0.1, 0.15) is 5.75 Å². The minimum atomic E-state index is 0.0296. The number of nitrogens with one attached hydrogen (secondary N) is 1. The average molecular weight is 349 g/mol. The van der Waals surface area contributed by atoms with E-state index in [1.165, 1.54) is 11.1 Å². The van der Waals surface area contributed by atoms with Crippen LogP contribution in [0, 0.1) is 0 Å². The van der Waals surface area contributed by atoms with Crippen molar-refractivity contribution in [1.82, 2.24) is 5.43 Å². The highest BCUT2D eigenvalue weighted by molar-refractivity contribution is 9.10. The first-order valence-electron chi connectivity index (χ1n) is 7.05. The number of hydrogen-bond donors (Lipinski definition) is 2. The Morgan fingerprint density at radius 1 is 1.14 bits per heavy atom. The molecule has 0 spiro atoms. The third-order valence-electron chi connectivity index (χ3n) is 3.65. The second-order valence-electron chi connectivity index (χ2n) is 4.98. The molecule has 0 amide bonds. The maximum absolute atomic E-state index is 5.76. The molecule has 0 aliphatic heterocycles. The summed E-state index contributed by atoms with van der Waals surface area (Å²) >= 11 is 3.59. The molecule has 0 aliphatic carbocycles. The SMILES string of the molecule is CCc1ccc(CC(NN)c2cc(OC)ccc2Br)cc1. The molecule has 0 fully saturated rings. The number of benzene rings is 2. The molecule has 2 rings (SSSR count). The summed E-state index contributed by atoms with van der Waals surface area (Å²) in [6, 6.07) is 14.6. The van der Waals surface area contributed by atoms with Gasteiger partial charge in [-0.05, 0) is 47.7 Å². The van der Waals surface area contributed by atoms with Crippen molar-refractivity contribution in [1.29, 1.82) is 0 Å². The lowest BCUT2D eigenvalue weighted by Gasteiger charge is -2.19. The minimum Gasteiger partial charge on any atom is -0.497 e. The molecule has 0 saturated carbocycles. The summed E-state index contributed by atoms with van der Waals surface area (Å²) in [4.78, 5) is 0. The first kappa shape index (κ1) is 16.0. The fraction of sp³-hybridized carbons (Fsp3) is 0.294. The summed E-state index contributed by atoms with van der Waals surface area (Å²) in [5, 5.41) is 0. The van der Waals surface area contributed by atoms with E-state index in [1.807, 2.05) is 18.2 Å². The van der Waals surface area contributed by atoms with Gasteiger partial charge in [0.25, 0.3) is 0 Å². The van der Waals surface area contributed by atoms with E-state index < -0.39 is 0 Å².